The molecule has 0 aromatic heterocycles. The third-order valence-electron chi connectivity index (χ3n) is 2.32. The molecule has 1 aromatic rings. The monoisotopic (exact) mass is 235 g/mol. The summed E-state index contributed by atoms with van der Waals surface area (Å²) in [6.07, 6.45) is -3.34. The summed E-state index contributed by atoms with van der Waals surface area (Å²) in [4.78, 5) is 0. The average molecular weight is 235 g/mol. The Balaban J connectivity index is 3.07. The van der Waals surface area contributed by atoms with Crippen molar-refractivity contribution in [1.82, 2.24) is 0 Å². The molecular formula is C11H13F4N. The molecule has 0 amide bonds. The maximum atomic E-state index is 13.0. The molecule has 1 atom stereocenters. The van der Waals surface area contributed by atoms with Crippen molar-refractivity contribution >= 4 is 0 Å². The van der Waals surface area contributed by atoms with Gasteiger partial charge in [0.15, 0.2) is 0 Å². The van der Waals surface area contributed by atoms with Gasteiger partial charge < -0.3 is 5.73 Å². The van der Waals surface area contributed by atoms with Gasteiger partial charge in [-0.2, -0.15) is 13.2 Å². The van der Waals surface area contributed by atoms with E-state index in [4.69, 9.17) is 5.73 Å². The Morgan fingerprint density at radius 3 is 2.44 bits per heavy atom. The molecule has 0 radical (unpaired) electrons. The van der Waals surface area contributed by atoms with Gasteiger partial charge >= 0.3 is 6.18 Å². The van der Waals surface area contributed by atoms with E-state index in [-0.39, 0.29) is 0 Å². The number of benzene rings is 1. The van der Waals surface area contributed by atoms with Crippen LogP contribution in [0.25, 0.3) is 0 Å². The van der Waals surface area contributed by atoms with E-state index in [9.17, 15) is 17.6 Å². The van der Waals surface area contributed by atoms with Crippen LogP contribution in [0, 0.1) is 5.82 Å². The highest BCUT2D eigenvalue weighted by atomic mass is 19.4. The molecule has 0 saturated carbocycles. The fraction of sp³-hybridized carbons (Fsp3) is 0.455. The molecule has 1 nitrogen and oxygen atoms in total. The zero-order valence-electron chi connectivity index (χ0n) is 8.81. The fourth-order valence-corrected chi connectivity index (χ4v) is 1.47. The molecule has 1 unspecified atom stereocenters. The van der Waals surface area contributed by atoms with Crippen LogP contribution in [0.4, 0.5) is 17.6 Å². The van der Waals surface area contributed by atoms with Crippen molar-refractivity contribution in [1.29, 1.82) is 0 Å². The molecule has 5 heteroatoms. The normalized spacial score (nSPS) is 13.9. The Labute approximate surface area is 91.3 Å². The summed E-state index contributed by atoms with van der Waals surface area (Å²) in [7, 11) is 0. The molecule has 1 aromatic carbocycles. The second kappa shape index (κ2) is 4.82. The van der Waals surface area contributed by atoms with E-state index in [0.717, 1.165) is 18.6 Å². The Morgan fingerprint density at radius 1 is 1.31 bits per heavy atom. The van der Waals surface area contributed by atoms with Crippen LogP contribution in [0.5, 0.6) is 0 Å². The molecule has 16 heavy (non-hydrogen) atoms. The van der Waals surface area contributed by atoms with E-state index in [1.165, 1.54) is 6.07 Å². The van der Waals surface area contributed by atoms with Crippen molar-refractivity contribution in [2.24, 2.45) is 5.73 Å². The Morgan fingerprint density at radius 2 is 1.94 bits per heavy atom. The van der Waals surface area contributed by atoms with Gasteiger partial charge in [-0.1, -0.05) is 19.4 Å². The first-order valence-corrected chi connectivity index (χ1v) is 4.98. The molecular weight excluding hydrogens is 222 g/mol. The van der Waals surface area contributed by atoms with Crippen LogP contribution in [-0.2, 0) is 6.18 Å². The van der Waals surface area contributed by atoms with E-state index in [1.54, 1.807) is 0 Å². The predicted molar refractivity (Wildman–Crippen MR) is 53.2 cm³/mol. The van der Waals surface area contributed by atoms with Gasteiger partial charge in [0.2, 0.25) is 0 Å². The van der Waals surface area contributed by atoms with Crippen LogP contribution in [0.3, 0.4) is 0 Å². The summed E-state index contributed by atoms with van der Waals surface area (Å²) in [5, 5.41) is 0. The Hall–Kier alpha value is -1.10. The van der Waals surface area contributed by atoms with Crippen LogP contribution < -0.4 is 5.73 Å². The third-order valence-corrected chi connectivity index (χ3v) is 2.32. The molecule has 0 bridgehead atoms. The van der Waals surface area contributed by atoms with Gasteiger partial charge in [-0.15, -0.1) is 0 Å². The lowest BCUT2D eigenvalue weighted by Crippen LogP contribution is -2.13. The standard InChI is InChI=1S/C11H13F4N/c1-2-3-10(16)7-4-5-9(12)8(6-7)11(13,14)15/h4-6,10H,2-3,16H2,1H3. The minimum Gasteiger partial charge on any atom is -0.324 e. The minimum atomic E-state index is -4.67. The zero-order chi connectivity index (χ0) is 12.3. The number of halogens is 4. The highest BCUT2D eigenvalue weighted by Gasteiger charge is 2.34. The quantitative estimate of drug-likeness (QED) is 0.795. The van der Waals surface area contributed by atoms with Gasteiger partial charge in [0, 0.05) is 6.04 Å². The molecule has 0 spiro atoms. The molecule has 0 saturated heterocycles. The maximum Gasteiger partial charge on any atom is 0.419 e. The third kappa shape index (κ3) is 2.95. The van der Waals surface area contributed by atoms with Crippen LogP contribution in [0.15, 0.2) is 18.2 Å². The summed E-state index contributed by atoms with van der Waals surface area (Å²) in [6.45, 7) is 1.88. The van der Waals surface area contributed by atoms with Crippen LogP contribution in [0.1, 0.15) is 36.9 Å². The van der Waals surface area contributed by atoms with Crippen LogP contribution >= 0.6 is 0 Å². The summed E-state index contributed by atoms with van der Waals surface area (Å²) < 4.78 is 50.1. The summed E-state index contributed by atoms with van der Waals surface area (Å²) >= 11 is 0. The molecule has 1 rings (SSSR count). The van der Waals surface area contributed by atoms with Crippen molar-refractivity contribution in [2.45, 2.75) is 32.0 Å². The average Bonchev–Trinajstić information content (AvgIpc) is 2.16. The molecule has 0 aliphatic heterocycles. The number of hydrogen-bond acceptors (Lipinski definition) is 1. The number of rotatable bonds is 3. The van der Waals surface area contributed by atoms with Crippen molar-refractivity contribution in [3.63, 3.8) is 0 Å². The van der Waals surface area contributed by atoms with Crippen LogP contribution in [-0.4, -0.2) is 0 Å². The lowest BCUT2D eigenvalue weighted by Gasteiger charge is -2.14. The van der Waals surface area contributed by atoms with Gasteiger partial charge in [0.05, 0.1) is 5.56 Å². The first-order valence-electron chi connectivity index (χ1n) is 4.98. The fourth-order valence-electron chi connectivity index (χ4n) is 1.47. The number of nitrogens with two attached hydrogens (primary N) is 1. The van der Waals surface area contributed by atoms with Gasteiger partial charge in [-0.25, -0.2) is 4.39 Å². The van der Waals surface area contributed by atoms with E-state index >= 15 is 0 Å². The zero-order valence-corrected chi connectivity index (χ0v) is 8.81. The van der Waals surface area contributed by atoms with Gasteiger partial charge in [-0.05, 0) is 24.1 Å². The summed E-state index contributed by atoms with van der Waals surface area (Å²) in [5.41, 5.74) is 4.74. The highest BCUT2D eigenvalue weighted by Crippen LogP contribution is 2.33. The van der Waals surface area contributed by atoms with Crippen molar-refractivity contribution in [2.75, 3.05) is 0 Å². The molecule has 0 heterocycles. The first kappa shape index (κ1) is 13.0. The van der Waals surface area contributed by atoms with E-state index in [0.29, 0.717) is 12.0 Å². The topological polar surface area (TPSA) is 26.0 Å². The molecule has 2 N–H and O–H groups in total. The first-order chi connectivity index (χ1) is 7.36. The van der Waals surface area contributed by atoms with Gasteiger partial charge in [-0.3, -0.25) is 0 Å². The highest BCUT2D eigenvalue weighted by molar-refractivity contribution is 5.29. The maximum absolute atomic E-state index is 13.0. The van der Waals surface area contributed by atoms with E-state index in [1.807, 2.05) is 6.92 Å². The Kier molecular flexibility index (Phi) is 3.91. The largest absolute Gasteiger partial charge is 0.419 e. The SMILES string of the molecule is CCCC(N)c1ccc(F)c(C(F)(F)F)c1. The van der Waals surface area contributed by atoms with E-state index < -0.39 is 23.6 Å². The minimum absolute atomic E-state index is 0.315. The predicted octanol–water partition coefficient (Wildman–Crippen LogP) is 3.64. The molecule has 0 aliphatic rings. The van der Waals surface area contributed by atoms with Crippen molar-refractivity contribution < 1.29 is 17.6 Å². The number of alkyl halides is 3. The van der Waals surface area contributed by atoms with E-state index in [2.05, 4.69) is 0 Å². The Bertz CT molecular complexity index is 359. The summed E-state index contributed by atoms with van der Waals surface area (Å²) in [5.74, 6) is -1.26. The second-order valence-electron chi connectivity index (χ2n) is 3.63. The van der Waals surface area contributed by atoms with Gasteiger partial charge in [0.25, 0.3) is 0 Å². The number of hydrogen-bond donors (Lipinski definition) is 1. The molecule has 90 valence electrons. The van der Waals surface area contributed by atoms with Crippen LogP contribution in [0.2, 0.25) is 0 Å². The van der Waals surface area contributed by atoms with Crippen molar-refractivity contribution in [3.8, 4) is 0 Å². The lowest BCUT2D eigenvalue weighted by atomic mass is 10.0. The smallest absolute Gasteiger partial charge is 0.324 e. The van der Waals surface area contributed by atoms with Crippen molar-refractivity contribution in [3.05, 3.63) is 35.1 Å². The van der Waals surface area contributed by atoms with Gasteiger partial charge in [0.1, 0.15) is 5.82 Å². The molecule has 0 fully saturated rings. The summed E-state index contributed by atoms with van der Waals surface area (Å²) in [6, 6.07) is 2.42. The lowest BCUT2D eigenvalue weighted by molar-refractivity contribution is -0.140. The second-order valence-corrected chi connectivity index (χ2v) is 3.63. The molecule has 0 aliphatic carbocycles.